The van der Waals surface area contributed by atoms with Crippen LogP contribution in [0, 0.1) is 12.7 Å². The number of carboxylic acid groups (broad SMARTS) is 1. The highest BCUT2D eigenvalue weighted by atomic mass is 19.4. The molecule has 3 aromatic carbocycles. The molecule has 2 heterocycles. The van der Waals surface area contributed by atoms with E-state index in [1.165, 1.54) is 4.68 Å². The van der Waals surface area contributed by atoms with E-state index in [-0.39, 0.29) is 5.75 Å². The number of carbonyl (C=O) groups is 1. The fourth-order valence-corrected chi connectivity index (χ4v) is 4.72. The number of nitrogens with zero attached hydrogens (tertiary/aromatic N) is 5. The lowest BCUT2D eigenvalue weighted by Gasteiger charge is -2.20. The summed E-state index contributed by atoms with van der Waals surface area (Å²) in [5.74, 6) is -2.43. The Labute approximate surface area is 278 Å². The van der Waals surface area contributed by atoms with E-state index < -0.39 is 29.6 Å². The van der Waals surface area contributed by atoms with Gasteiger partial charge in [-0.05, 0) is 56.3 Å². The van der Waals surface area contributed by atoms with Gasteiger partial charge in [0.05, 0.1) is 17.3 Å². The number of aromatic amines is 1. The maximum atomic E-state index is 16.2. The maximum absolute atomic E-state index is 16.2. The first kappa shape index (κ1) is 36.3. The quantitative estimate of drug-likeness (QED) is 0.125. The van der Waals surface area contributed by atoms with Crippen LogP contribution in [0.5, 0.6) is 5.75 Å². The van der Waals surface area contributed by atoms with Crippen molar-refractivity contribution in [1.29, 1.82) is 0 Å². The van der Waals surface area contributed by atoms with Crippen LogP contribution in [0.4, 0.5) is 23.2 Å². The van der Waals surface area contributed by atoms with Crippen molar-refractivity contribution in [2.45, 2.75) is 38.8 Å². The summed E-state index contributed by atoms with van der Waals surface area (Å²) in [6.07, 6.45) is -4.06. The minimum Gasteiger partial charge on any atom is -0.489 e. The lowest BCUT2D eigenvalue weighted by atomic mass is 9.89. The maximum Gasteiger partial charge on any atom is 0.490 e. The zero-order chi connectivity index (χ0) is 35.9. The molecule has 0 bridgehead atoms. The summed E-state index contributed by atoms with van der Waals surface area (Å²) >= 11 is 0. The van der Waals surface area contributed by atoms with Crippen LogP contribution in [0.2, 0.25) is 0 Å². The summed E-state index contributed by atoms with van der Waals surface area (Å²) < 4.78 is 60.2. The molecule has 0 amide bonds. The van der Waals surface area contributed by atoms with Crippen LogP contribution in [0.1, 0.15) is 41.2 Å². The zero-order valence-corrected chi connectivity index (χ0v) is 27.1. The largest absolute Gasteiger partial charge is 0.490 e. The third-order valence-corrected chi connectivity index (χ3v) is 7.26. The fourth-order valence-electron chi connectivity index (χ4n) is 4.72. The molecule has 0 radical (unpaired) electrons. The van der Waals surface area contributed by atoms with Gasteiger partial charge < -0.3 is 25.0 Å². The number of likely N-dealkylation sites (N-methyl/N-ethyl adjacent to an activating group) is 1. The van der Waals surface area contributed by atoms with Gasteiger partial charge in [0.2, 0.25) is 11.7 Å². The Morgan fingerprint density at radius 3 is 2.37 bits per heavy atom. The first-order valence-electron chi connectivity index (χ1n) is 15.0. The number of para-hydroxylation sites is 2. The molecule has 0 spiro atoms. The van der Waals surface area contributed by atoms with Gasteiger partial charge in [-0.2, -0.15) is 22.8 Å². The van der Waals surface area contributed by atoms with Gasteiger partial charge in [0.1, 0.15) is 12.4 Å². The zero-order valence-electron chi connectivity index (χ0n) is 27.1. The number of alkyl halides is 3. The molecule has 2 aromatic heterocycles. The Hall–Kier alpha value is -5.51. The number of hydrogen-bond acceptors (Lipinski definition) is 9. The number of rotatable bonds is 11. The molecule has 1 atom stereocenters. The van der Waals surface area contributed by atoms with E-state index in [2.05, 4.69) is 20.2 Å². The van der Waals surface area contributed by atoms with Gasteiger partial charge in [0.25, 0.3) is 0 Å². The van der Waals surface area contributed by atoms with Crippen LogP contribution in [0.15, 0.2) is 70.0 Å². The van der Waals surface area contributed by atoms with E-state index in [1.807, 2.05) is 56.3 Å². The van der Waals surface area contributed by atoms with E-state index in [1.54, 1.807) is 37.3 Å². The lowest BCUT2D eigenvalue weighted by Crippen LogP contribution is -2.21. The number of hydrogen-bond donors (Lipinski definition) is 3. The van der Waals surface area contributed by atoms with Gasteiger partial charge in [-0.25, -0.2) is 14.0 Å². The number of anilines is 1. The average Bonchev–Trinajstić information content (AvgIpc) is 3.66. The standard InChI is InChI=1S/C31H34FN7O3.C2HF3O2/c1-5-20-16-23(28(32)27(18-20)41-15-14-38(3)4)24(17-21-10-12-22(13-11-21)29-34-19(2)42-37-29)30-35-31(40)39(36-30)26-9-7-6-8-25(26)33;3-2(4,5)1(6)7/h6-13,16,18,24H,5,14-15,17,33H2,1-4H3,(H,35,36,40);(H,6,7). The molecule has 0 aliphatic carbocycles. The Bertz CT molecular complexity index is 1930. The molecule has 0 fully saturated rings. The number of H-pyrrole nitrogens is 1. The van der Waals surface area contributed by atoms with Crippen LogP contribution in [-0.2, 0) is 17.6 Å². The molecule has 5 rings (SSSR count). The molecular weight excluding hydrogens is 650 g/mol. The monoisotopic (exact) mass is 685 g/mol. The Morgan fingerprint density at radius 1 is 1.12 bits per heavy atom. The smallest absolute Gasteiger partial charge is 0.489 e. The van der Waals surface area contributed by atoms with Crippen LogP contribution >= 0.6 is 0 Å². The van der Waals surface area contributed by atoms with Crippen molar-refractivity contribution in [1.82, 2.24) is 29.8 Å². The van der Waals surface area contributed by atoms with E-state index >= 15 is 4.39 Å². The van der Waals surface area contributed by atoms with Gasteiger partial charge in [-0.15, -0.1) is 5.10 Å². The molecule has 1 unspecified atom stereocenters. The Morgan fingerprint density at radius 2 is 1.80 bits per heavy atom. The number of nitrogen functional groups attached to an aromatic ring is 1. The molecule has 5 aromatic rings. The van der Waals surface area contributed by atoms with Gasteiger partial charge >= 0.3 is 17.8 Å². The van der Waals surface area contributed by atoms with Gasteiger partial charge in [0.15, 0.2) is 11.6 Å². The second kappa shape index (κ2) is 15.6. The summed E-state index contributed by atoms with van der Waals surface area (Å²) in [7, 11) is 3.86. The number of benzene rings is 3. The number of aliphatic carboxylic acids is 1. The third kappa shape index (κ3) is 9.31. The topological polar surface area (TPSA) is 165 Å². The van der Waals surface area contributed by atoms with Gasteiger partial charge in [-0.3, -0.25) is 4.98 Å². The van der Waals surface area contributed by atoms with Crippen LogP contribution in [0.3, 0.4) is 0 Å². The van der Waals surface area contributed by atoms with Gasteiger partial charge in [-0.1, -0.05) is 54.5 Å². The molecule has 0 aliphatic heterocycles. The average molecular weight is 686 g/mol. The highest BCUT2D eigenvalue weighted by molar-refractivity contribution is 5.73. The van der Waals surface area contributed by atoms with Crippen molar-refractivity contribution in [3.8, 4) is 22.8 Å². The van der Waals surface area contributed by atoms with E-state index in [0.29, 0.717) is 60.5 Å². The summed E-state index contributed by atoms with van der Waals surface area (Å²) in [5.41, 5.74) is 9.50. The number of halogens is 4. The first-order chi connectivity index (χ1) is 23.2. The molecule has 0 saturated heterocycles. The molecule has 49 heavy (non-hydrogen) atoms. The van der Waals surface area contributed by atoms with E-state index in [0.717, 1.165) is 16.7 Å². The lowest BCUT2D eigenvalue weighted by molar-refractivity contribution is -0.192. The summed E-state index contributed by atoms with van der Waals surface area (Å²) in [5, 5.41) is 15.7. The molecular formula is C33H35F4N7O5. The summed E-state index contributed by atoms with van der Waals surface area (Å²) in [4.78, 5) is 31.1. The van der Waals surface area contributed by atoms with Crippen molar-refractivity contribution >= 4 is 11.7 Å². The second-order valence-corrected chi connectivity index (χ2v) is 11.2. The summed E-state index contributed by atoms with van der Waals surface area (Å²) in [6, 6.07) is 18.1. The second-order valence-electron chi connectivity index (χ2n) is 11.2. The number of aryl methyl sites for hydroxylation is 2. The Balaban J connectivity index is 0.000000698. The molecule has 4 N–H and O–H groups in total. The minimum atomic E-state index is -5.08. The number of carboxylic acids is 1. The normalized spacial score (nSPS) is 12.0. The third-order valence-electron chi connectivity index (χ3n) is 7.26. The predicted octanol–water partition coefficient (Wildman–Crippen LogP) is 5.15. The molecule has 0 aliphatic rings. The SMILES string of the molecule is CCc1cc(OCCN(C)C)c(F)c(C(Cc2ccc(-c3noc(C)n3)cc2)c2nn(-c3ccccc3N)c(=O)[nH]2)c1.O=C(O)C(F)(F)F. The predicted molar refractivity (Wildman–Crippen MR) is 172 cm³/mol. The molecule has 260 valence electrons. The highest BCUT2D eigenvalue weighted by Crippen LogP contribution is 2.34. The molecule has 12 nitrogen and oxygen atoms in total. The number of ether oxygens (including phenoxy) is 1. The first-order valence-corrected chi connectivity index (χ1v) is 15.0. The van der Waals surface area contributed by atoms with Crippen LogP contribution < -0.4 is 16.2 Å². The number of aromatic nitrogens is 5. The number of nitrogens with one attached hydrogen (secondary N) is 1. The summed E-state index contributed by atoms with van der Waals surface area (Å²) in [6.45, 7) is 4.70. The Kier molecular flexibility index (Phi) is 11.6. The minimum absolute atomic E-state index is 0.174. The molecule has 0 saturated carbocycles. The highest BCUT2D eigenvalue weighted by Gasteiger charge is 2.38. The van der Waals surface area contributed by atoms with Crippen molar-refractivity contribution in [3.63, 3.8) is 0 Å². The van der Waals surface area contributed by atoms with Gasteiger partial charge in [0, 0.05) is 24.6 Å². The van der Waals surface area contributed by atoms with Crippen molar-refractivity contribution in [2.24, 2.45) is 0 Å². The van der Waals surface area contributed by atoms with Crippen molar-refractivity contribution in [3.05, 3.63) is 105 Å². The van der Waals surface area contributed by atoms with Crippen LogP contribution in [0.25, 0.3) is 17.1 Å². The van der Waals surface area contributed by atoms with E-state index in [9.17, 15) is 18.0 Å². The number of nitrogens with two attached hydrogens (primary N) is 1. The fraction of sp³-hybridized carbons (Fsp3) is 0.303. The van der Waals surface area contributed by atoms with E-state index in [4.69, 9.17) is 24.9 Å². The van der Waals surface area contributed by atoms with Crippen LogP contribution in [-0.4, -0.2) is 74.3 Å². The van der Waals surface area contributed by atoms with Crippen molar-refractivity contribution < 1.29 is 36.7 Å². The van der Waals surface area contributed by atoms with Crippen molar-refractivity contribution in [2.75, 3.05) is 33.0 Å². The molecule has 16 heteroatoms.